The van der Waals surface area contributed by atoms with Crippen LogP contribution in [-0.4, -0.2) is 25.6 Å². The molecule has 0 atom stereocenters. The van der Waals surface area contributed by atoms with Gasteiger partial charge in [-0.15, -0.1) is 11.3 Å². The first-order valence-corrected chi connectivity index (χ1v) is 8.45. The second-order valence-corrected chi connectivity index (χ2v) is 6.41. The molecule has 2 N–H and O–H groups in total. The van der Waals surface area contributed by atoms with E-state index < -0.39 is 0 Å². The van der Waals surface area contributed by atoms with Gasteiger partial charge in [0, 0.05) is 18.0 Å². The summed E-state index contributed by atoms with van der Waals surface area (Å²) in [5, 5.41) is 13.9. The third kappa shape index (κ3) is 3.50. The minimum Gasteiger partial charge on any atom is -0.382 e. The van der Waals surface area contributed by atoms with E-state index in [0.717, 1.165) is 21.1 Å². The molecule has 0 bridgehead atoms. The summed E-state index contributed by atoms with van der Waals surface area (Å²) in [7, 11) is 0. The molecular weight excluding hydrogens is 350 g/mol. The molecule has 3 aromatic rings. The summed E-state index contributed by atoms with van der Waals surface area (Å²) in [6.07, 6.45) is 3.48. The predicted octanol–water partition coefficient (Wildman–Crippen LogP) is 2.87. The maximum atomic E-state index is 9.00. The van der Waals surface area contributed by atoms with Crippen LogP contribution >= 0.6 is 11.3 Å². The monoisotopic (exact) mass is 365 g/mol. The maximum absolute atomic E-state index is 9.00. The van der Waals surface area contributed by atoms with Gasteiger partial charge in [0.15, 0.2) is 0 Å². The van der Waals surface area contributed by atoms with Crippen LogP contribution in [-0.2, 0) is 0 Å². The highest BCUT2D eigenvalue weighted by Crippen LogP contribution is 2.28. The molecule has 3 aromatic heterocycles. The van der Waals surface area contributed by atoms with E-state index in [4.69, 9.17) is 15.8 Å². The number of nitriles is 1. The molecule has 0 saturated carbocycles. The van der Waals surface area contributed by atoms with Crippen molar-refractivity contribution in [1.82, 2.24) is 19.9 Å². The van der Waals surface area contributed by atoms with Crippen molar-refractivity contribution in [2.75, 3.05) is 5.73 Å². The minimum atomic E-state index is -0.00648. The summed E-state index contributed by atoms with van der Waals surface area (Å²) in [6.45, 7) is 5.38. The summed E-state index contributed by atoms with van der Waals surface area (Å²) in [4.78, 5) is 22.9. The molecule has 0 fully saturated rings. The van der Waals surface area contributed by atoms with Crippen molar-refractivity contribution < 1.29 is 4.84 Å². The molecule has 0 unspecified atom stereocenters. The average Bonchev–Trinajstić information content (AvgIpc) is 3.02. The number of hydrogen-bond acceptors (Lipinski definition) is 9. The van der Waals surface area contributed by atoms with Crippen molar-refractivity contribution in [3.63, 3.8) is 0 Å². The number of nitrogens with two attached hydrogens (primary N) is 1. The molecular formula is C17H15N7OS. The van der Waals surface area contributed by atoms with Crippen LogP contribution < -0.4 is 10.6 Å². The molecule has 0 radical (unpaired) electrons. The third-order valence-electron chi connectivity index (χ3n) is 3.51. The third-order valence-corrected chi connectivity index (χ3v) is 4.82. The van der Waals surface area contributed by atoms with Gasteiger partial charge >= 0.3 is 6.01 Å². The Hall–Kier alpha value is -3.38. The van der Waals surface area contributed by atoms with Crippen LogP contribution in [0.4, 0.5) is 5.82 Å². The minimum absolute atomic E-state index is 0.00648. The molecule has 0 aliphatic heterocycles. The standard InChI is InChI=1S/C17H15N7OS/c1-9-13(7-18)15(19)23-17(22-9)25-24-11(3)14-10(2)21-16(26-14)12-5-4-6-20-8-12/h4-6,8H,1-3H3,(H2,19,22,23). The molecule has 0 aliphatic carbocycles. The number of nitrogen functional groups attached to an aromatic ring is 1. The van der Waals surface area contributed by atoms with E-state index in [0.29, 0.717) is 11.4 Å². The van der Waals surface area contributed by atoms with Crippen LogP contribution in [0, 0.1) is 25.2 Å². The molecule has 0 spiro atoms. The van der Waals surface area contributed by atoms with Gasteiger partial charge in [0.2, 0.25) is 0 Å². The Bertz CT molecular complexity index is 998. The van der Waals surface area contributed by atoms with Crippen LogP contribution in [0.1, 0.15) is 28.8 Å². The zero-order valence-corrected chi connectivity index (χ0v) is 15.2. The Kier molecular flexibility index (Phi) is 4.86. The van der Waals surface area contributed by atoms with E-state index in [1.54, 1.807) is 19.3 Å². The Labute approximate surface area is 154 Å². The molecule has 130 valence electrons. The van der Waals surface area contributed by atoms with Crippen molar-refractivity contribution in [3.8, 4) is 22.7 Å². The molecule has 0 aromatic carbocycles. The molecule has 0 saturated heterocycles. The average molecular weight is 365 g/mol. The second kappa shape index (κ2) is 7.25. The number of aryl methyl sites for hydroxylation is 2. The first-order valence-electron chi connectivity index (χ1n) is 7.63. The van der Waals surface area contributed by atoms with E-state index in [1.807, 2.05) is 32.0 Å². The number of thiazole rings is 1. The molecule has 3 rings (SSSR count). The molecule has 9 heteroatoms. The highest BCUT2D eigenvalue weighted by molar-refractivity contribution is 7.17. The molecule has 3 heterocycles. The van der Waals surface area contributed by atoms with E-state index in [9.17, 15) is 0 Å². The van der Waals surface area contributed by atoms with Crippen molar-refractivity contribution in [2.24, 2.45) is 5.16 Å². The lowest BCUT2D eigenvalue weighted by Crippen LogP contribution is -2.04. The van der Waals surface area contributed by atoms with E-state index >= 15 is 0 Å². The highest BCUT2D eigenvalue weighted by Gasteiger charge is 2.14. The van der Waals surface area contributed by atoms with Crippen LogP contribution in [0.25, 0.3) is 10.6 Å². The quantitative estimate of drug-likeness (QED) is 0.557. The van der Waals surface area contributed by atoms with Crippen LogP contribution in [0.2, 0.25) is 0 Å². The zero-order valence-electron chi connectivity index (χ0n) is 14.4. The van der Waals surface area contributed by atoms with Gasteiger partial charge in [-0.05, 0) is 32.9 Å². The van der Waals surface area contributed by atoms with Gasteiger partial charge in [0.1, 0.15) is 22.5 Å². The molecule has 26 heavy (non-hydrogen) atoms. The Morgan fingerprint density at radius 2 is 2.08 bits per heavy atom. The Morgan fingerprint density at radius 1 is 1.27 bits per heavy atom. The topological polar surface area (TPSA) is 123 Å². The number of nitrogens with zero attached hydrogens (tertiary/aromatic N) is 6. The lowest BCUT2D eigenvalue weighted by Gasteiger charge is -2.03. The van der Waals surface area contributed by atoms with E-state index in [2.05, 4.69) is 25.1 Å². The fourth-order valence-corrected chi connectivity index (χ4v) is 3.24. The summed E-state index contributed by atoms with van der Waals surface area (Å²) >= 11 is 1.50. The van der Waals surface area contributed by atoms with Crippen LogP contribution in [0.5, 0.6) is 6.01 Å². The molecule has 0 amide bonds. The normalized spacial score (nSPS) is 11.2. The first-order chi connectivity index (χ1) is 12.5. The summed E-state index contributed by atoms with van der Waals surface area (Å²) < 4.78 is 0. The van der Waals surface area contributed by atoms with Gasteiger partial charge in [-0.1, -0.05) is 5.16 Å². The number of aromatic nitrogens is 4. The summed E-state index contributed by atoms with van der Waals surface area (Å²) in [6, 6.07) is 5.77. The predicted molar refractivity (Wildman–Crippen MR) is 98.8 cm³/mol. The number of rotatable bonds is 4. The van der Waals surface area contributed by atoms with Crippen LogP contribution in [0.15, 0.2) is 29.7 Å². The zero-order chi connectivity index (χ0) is 18.7. The highest BCUT2D eigenvalue weighted by atomic mass is 32.1. The number of pyridine rings is 1. The van der Waals surface area contributed by atoms with Gasteiger partial charge in [-0.2, -0.15) is 15.2 Å². The maximum Gasteiger partial charge on any atom is 0.347 e. The van der Waals surface area contributed by atoms with E-state index in [-0.39, 0.29) is 17.4 Å². The van der Waals surface area contributed by atoms with Crippen LogP contribution in [0.3, 0.4) is 0 Å². The van der Waals surface area contributed by atoms with E-state index in [1.165, 1.54) is 11.3 Å². The summed E-state index contributed by atoms with van der Waals surface area (Å²) in [5.41, 5.74) is 8.83. The molecule has 0 aliphatic rings. The van der Waals surface area contributed by atoms with Crippen molar-refractivity contribution in [3.05, 3.63) is 46.4 Å². The van der Waals surface area contributed by atoms with Gasteiger partial charge in [0.25, 0.3) is 0 Å². The fourth-order valence-electron chi connectivity index (χ4n) is 2.24. The Balaban J connectivity index is 1.85. The first kappa shape index (κ1) is 17.4. The largest absolute Gasteiger partial charge is 0.382 e. The van der Waals surface area contributed by atoms with Gasteiger partial charge in [-0.25, -0.2) is 4.98 Å². The lowest BCUT2D eigenvalue weighted by atomic mass is 10.2. The summed E-state index contributed by atoms with van der Waals surface area (Å²) in [5.74, 6) is 0.0655. The van der Waals surface area contributed by atoms with Crippen molar-refractivity contribution in [2.45, 2.75) is 20.8 Å². The van der Waals surface area contributed by atoms with Gasteiger partial charge in [-0.3, -0.25) is 4.98 Å². The number of anilines is 1. The van der Waals surface area contributed by atoms with Gasteiger partial charge in [0.05, 0.1) is 22.0 Å². The second-order valence-electron chi connectivity index (χ2n) is 5.41. The Morgan fingerprint density at radius 3 is 2.73 bits per heavy atom. The fraction of sp³-hybridized carbons (Fsp3) is 0.176. The van der Waals surface area contributed by atoms with Crippen molar-refractivity contribution >= 4 is 22.9 Å². The SMILES string of the molecule is CC(=NOc1nc(C)c(C#N)c(N)n1)c1sc(-c2cccnc2)nc1C. The molecule has 8 nitrogen and oxygen atoms in total. The van der Waals surface area contributed by atoms with Crippen molar-refractivity contribution in [1.29, 1.82) is 5.26 Å². The number of hydrogen-bond donors (Lipinski definition) is 1. The smallest absolute Gasteiger partial charge is 0.347 e. The number of oxime groups is 1. The van der Waals surface area contributed by atoms with Gasteiger partial charge < -0.3 is 10.6 Å². The lowest BCUT2D eigenvalue weighted by molar-refractivity contribution is 0.312.